The van der Waals surface area contributed by atoms with Crippen molar-refractivity contribution in [2.45, 2.75) is 13.0 Å². The molecule has 1 heterocycles. The third kappa shape index (κ3) is 2.62. The molecule has 2 aromatic rings. The van der Waals surface area contributed by atoms with Crippen molar-refractivity contribution in [3.05, 3.63) is 47.0 Å². The van der Waals surface area contributed by atoms with Crippen LogP contribution < -0.4 is 10.5 Å². The fourth-order valence-corrected chi connectivity index (χ4v) is 1.64. The van der Waals surface area contributed by atoms with Gasteiger partial charge >= 0.3 is 0 Å². The highest BCUT2D eigenvalue weighted by molar-refractivity contribution is 5.31. The van der Waals surface area contributed by atoms with Gasteiger partial charge in [0.15, 0.2) is 11.6 Å². The molecule has 0 radical (unpaired) electrons. The molecule has 0 saturated heterocycles. The third-order valence-corrected chi connectivity index (χ3v) is 2.50. The number of hydrogen-bond donors (Lipinski definition) is 2. The lowest BCUT2D eigenvalue weighted by Gasteiger charge is -2.03. The Hall–Kier alpha value is -1.88. The number of nitrogens with two attached hydrogens (primary N) is 1. The number of benzene rings is 1. The van der Waals surface area contributed by atoms with Crippen molar-refractivity contribution < 1.29 is 9.13 Å². The molecule has 0 aliphatic heterocycles. The molecule has 1 aromatic carbocycles. The van der Waals surface area contributed by atoms with E-state index in [4.69, 9.17) is 10.5 Å². The van der Waals surface area contributed by atoms with Gasteiger partial charge in [0.25, 0.3) is 0 Å². The van der Waals surface area contributed by atoms with Crippen molar-refractivity contribution in [3.8, 4) is 5.75 Å². The number of methoxy groups -OCH3 is 1. The number of H-pyrrole nitrogens is 1. The summed E-state index contributed by atoms with van der Waals surface area (Å²) in [5.41, 5.74) is 8.03. The van der Waals surface area contributed by atoms with Crippen LogP contribution in [-0.2, 0) is 13.0 Å². The van der Waals surface area contributed by atoms with Gasteiger partial charge in [-0.15, -0.1) is 0 Å². The van der Waals surface area contributed by atoms with E-state index in [1.165, 1.54) is 13.2 Å². The van der Waals surface area contributed by atoms with Crippen LogP contribution >= 0.6 is 0 Å². The lowest BCUT2D eigenvalue weighted by molar-refractivity contribution is 0.386. The van der Waals surface area contributed by atoms with E-state index in [1.807, 2.05) is 12.1 Å². The molecule has 5 heteroatoms. The van der Waals surface area contributed by atoms with E-state index >= 15 is 0 Å². The largest absolute Gasteiger partial charge is 0.494 e. The highest BCUT2D eigenvalue weighted by atomic mass is 19.1. The molecule has 0 saturated carbocycles. The number of nitrogens with one attached hydrogen (secondary N) is 1. The van der Waals surface area contributed by atoms with Crippen molar-refractivity contribution in [3.63, 3.8) is 0 Å². The highest BCUT2D eigenvalue weighted by Crippen LogP contribution is 2.19. The fraction of sp³-hybridized carbons (Fsp3) is 0.250. The summed E-state index contributed by atoms with van der Waals surface area (Å²) in [4.78, 5) is 0. The van der Waals surface area contributed by atoms with Crippen LogP contribution in [0.1, 0.15) is 17.0 Å². The summed E-state index contributed by atoms with van der Waals surface area (Å²) >= 11 is 0. The third-order valence-electron chi connectivity index (χ3n) is 2.50. The minimum absolute atomic E-state index is 0.251. The second-order valence-electron chi connectivity index (χ2n) is 3.73. The molecule has 0 fully saturated rings. The first-order valence-electron chi connectivity index (χ1n) is 5.28. The molecule has 0 aliphatic rings. The Labute approximate surface area is 98.6 Å². The zero-order valence-electron chi connectivity index (χ0n) is 9.53. The van der Waals surface area contributed by atoms with E-state index in [2.05, 4.69) is 10.2 Å². The molecule has 1 aromatic heterocycles. The van der Waals surface area contributed by atoms with E-state index in [0.29, 0.717) is 13.0 Å². The maximum absolute atomic E-state index is 13.5. The molecule has 17 heavy (non-hydrogen) atoms. The van der Waals surface area contributed by atoms with Crippen molar-refractivity contribution in [2.75, 3.05) is 7.11 Å². The average molecular weight is 235 g/mol. The molecule has 90 valence electrons. The van der Waals surface area contributed by atoms with E-state index in [-0.39, 0.29) is 11.6 Å². The molecule has 0 atom stereocenters. The Kier molecular flexibility index (Phi) is 3.39. The van der Waals surface area contributed by atoms with Crippen LogP contribution in [0.15, 0.2) is 24.3 Å². The monoisotopic (exact) mass is 235 g/mol. The SMILES string of the molecule is COc1ccc(Cc2cc(CN)n[nH]2)cc1F. The summed E-state index contributed by atoms with van der Waals surface area (Å²) in [6, 6.07) is 6.78. The first-order valence-corrected chi connectivity index (χ1v) is 5.28. The molecule has 0 amide bonds. The summed E-state index contributed by atoms with van der Waals surface area (Å²) in [6.07, 6.45) is 0.591. The highest BCUT2D eigenvalue weighted by Gasteiger charge is 2.05. The molecule has 0 unspecified atom stereocenters. The predicted octanol–water partition coefficient (Wildman–Crippen LogP) is 1.61. The Balaban J connectivity index is 2.15. The van der Waals surface area contributed by atoms with Gasteiger partial charge < -0.3 is 10.5 Å². The maximum atomic E-state index is 13.5. The van der Waals surface area contributed by atoms with Crippen LogP contribution in [0, 0.1) is 5.82 Å². The summed E-state index contributed by atoms with van der Waals surface area (Å²) in [6.45, 7) is 0.396. The smallest absolute Gasteiger partial charge is 0.165 e. The topological polar surface area (TPSA) is 63.9 Å². The van der Waals surface area contributed by atoms with E-state index in [9.17, 15) is 4.39 Å². The summed E-state index contributed by atoms with van der Waals surface area (Å²) < 4.78 is 18.3. The van der Waals surface area contributed by atoms with Crippen molar-refractivity contribution in [2.24, 2.45) is 5.73 Å². The van der Waals surface area contributed by atoms with Crippen LogP contribution in [0.4, 0.5) is 4.39 Å². The number of aromatic amines is 1. The number of hydrogen-bond acceptors (Lipinski definition) is 3. The molecule has 0 spiro atoms. The van der Waals surface area contributed by atoms with Gasteiger partial charge in [-0.25, -0.2) is 4.39 Å². The van der Waals surface area contributed by atoms with Gasteiger partial charge in [0, 0.05) is 18.7 Å². The minimum Gasteiger partial charge on any atom is -0.494 e. The number of nitrogens with zero attached hydrogens (tertiary/aromatic N) is 1. The molecule has 0 aliphatic carbocycles. The predicted molar refractivity (Wildman–Crippen MR) is 62.2 cm³/mol. The van der Waals surface area contributed by atoms with E-state index < -0.39 is 0 Å². The minimum atomic E-state index is -0.358. The Morgan fingerprint density at radius 1 is 1.41 bits per heavy atom. The quantitative estimate of drug-likeness (QED) is 0.846. The molecular weight excluding hydrogens is 221 g/mol. The van der Waals surface area contributed by atoms with Gasteiger partial charge in [-0.05, 0) is 23.8 Å². The van der Waals surface area contributed by atoms with Crippen LogP contribution in [0.25, 0.3) is 0 Å². The standard InChI is InChI=1S/C12H14FN3O/c1-17-12-3-2-8(5-11(12)13)4-9-6-10(7-14)16-15-9/h2-3,5-6H,4,7,14H2,1H3,(H,15,16). The van der Waals surface area contributed by atoms with E-state index in [1.54, 1.807) is 6.07 Å². The lowest BCUT2D eigenvalue weighted by Crippen LogP contribution is -1.95. The summed E-state index contributed by atoms with van der Waals surface area (Å²) in [5.74, 6) is -0.107. The zero-order valence-corrected chi connectivity index (χ0v) is 9.53. The van der Waals surface area contributed by atoms with Crippen LogP contribution in [0.3, 0.4) is 0 Å². The lowest BCUT2D eigenvalue weighted by atomic mass is 10.1. The van der Waals surface area contributed by atoms with Gasteiger partial charge in [-0.2, -0.15) is 5.10 Å². The number of aromatic nitrogens is 2. The Morgan fingerprint density at radius 3 is 2.82 bits per heavy atom. The van der Waals surface area contributed by atoms with Gasteiger partial charge in [0.2, 0.25) is 0 Å². The summed E-state index contributed by atoms with van der Waals surface area (Å²) in [5, 5.41) is 6.89. The van der Waals surface area contributed by atoms with Crippen LogP contribution in [0.2, 0.25) is 0 Å². The normalized spacial score (nSPS) is 10.5. The second-order valence-corrected chi connectivity index (χ2v) is 3.73. The van der Waals surface area contributed by atoms with Crippen molar-refractivity contribution in [1.82, 2.24) is 10.2 Å². The zero-order chi connectivity index (χ0) is 12.3. The molecule has 2 rings (SSSR count). The van der Waals surface area contributed by atoms with Crippen LogP contribution in [0.5, 0.6) is 5.75 Å². The number of ether oxygens (including phenoxy) is 1. The van der Waals surface area contributed by atoms with Crippen molar-refractivity contribution in [1.29, 1.82) is 0 Å². The van der Waals surface area contributed by atoms with Gasteiger partial charge in [0.1, 0.15) is 0 Å². The first kappa shape index (κ1) is 11.6. The molecular formula is C12H14FN3O. The maximum Gasteiger partial charge on any atom is 0.165 e. The summed E-state index contributed by atoms with van der Waals surface area (Å²) in [7, 11) is 1.44. The van der Waals surface area contributed by atoms with Crippen LogP contribution in [-0.4, -0.2) is 17.3 Å². The second kappa shape index (κ2) is 4.97. The van der Waals surface area contributed by atoms with Gasteiger partial charge in [0.05, 0.1) is 12.8 Å². The Bertz CT molecular complexity index is 510. The van der Waals surface area contributed by atoms with E-state index in [0.717, 1.165) is 17.0 Å². The Morgan fingerprint density at radius 2 is 2.24 bits per heavy atom. The van der Waals surface area contributed by atoms with Gasteiger partial charge in [-0.3, -0.25) is 5.10 Å². The fourth-order valence-electron chi connectivity index (χ4n) is 1.64. The first-order chi connectivity index (χ1) is 8.22. The van der Waals surface area contributed by atoms with Gasteiger partial charge in [-0.1, -0.05) is 6.07 Å². The molecule has 0 bridgehead atoms. The molecule has 3 N–H and O–H groups in total. The number of halogens is 1. The average Bonchev–Trinajstić information content (AvgIpc) is 2.77. The molecule has 4 nitrogen and oxygen atoms in total. The number of rotatable bonds is 4. The van der Waals surface area contributed by atoms with Crippen molar-refractivity contribution >= 4 is 0 Å².